The molecular weight excluding hydrogens is 236 g/mol. The third kappa shape index (κ3) is 5.21. The SMILES string of the molecule is CNCCN(C)CCc1ccc(OC)c(C(C)C)c1. The molecule has 0 aliphatic rings. The largest absolute Gasteiger partial charge is 0.496 e. The molecule has 0 aliphatic carbocycles. The van der Waals surface area contributed by atoms with Crippen molar-refractivity contribution in [3.8, 4) is 5.75 Å². The average Bonchev–Trinajstić information content (AvgIpc) is 2.42. The van der Waals surface area contributed by atoms with Crippen molar-refractivity contribution in [2.75, 3.05) is 40.8 Å². The lowest BCUT2D eigenvalue weighted by Crippen LogP contribution is -2.29. The molecule has 0 radical (unpaired) electrons. The van der Waals surface area contributed by atoms with E-state index in [4.69, 9.17) is 4.74 Å². The number of likely N-dealkylation sites (N-methyl/N-ethyl adjacent to an activating group) is 2. The molecule has 0 unspecified atom stereocenters. The van der Waals surface area contributed by atoms with E-state index in [0.717, 1.165) is 31.8 Å². The summed E-state index contributed by atoms with van der Waals surface area (Å²) in [6.07, 6.45) is 1.09. The van der Waals surface area contributed by atoms with Gasteiger partial charge in [-0.3, -0.25) is 0 Å². The van der Waals surface area contributed by atoms with Gasteiger partial charge in [-0.25, -0.2) is 0 Å². The summed E-state index contributed by atoms with van der Waals surface area (Å²) >= 11 is 0. The Morgan fingerprint density at radius 1 is 1.26 bits per heavy atom. The summed E-state index contributed by atoms with van der Waals surface area (Å²) in [6, 6.07) is 6.56. The predicted molar refractivity (Wildman–Crippen MR) is 82.2 cm³/mol. The van der Waals surface area contributed by atoms with Crippen LogP contribution in [0.1, 0.15) is 30.9 Å². The number of nitrogens with one attached hydrogen (secondary N) is 1. The Kier molecular flexibility index (Phi) is 6.89. The first-order chi connectivity index (χ1) is 9.08. The predicted octanol–water partition coefficient (Wildman–Crippen LogP) is 2.51. The van der Waals surface area contributed by atoms with Gasteiger partial charge in [0.05, 0.1) is 7.11 Å². The second-order valence-electron chi connectivity index (χ2n) is 5.39. The lowest BCUT2D eigenvalue weighted by Gasteiger charge is -2.17. The van der Waals surface area contributed by atoms with Crippen LogP contribution in [-0.2, 0) is 6.42 Å². The Hall–Kier alpha value is -1.06. The third-order valence-electron chi connectivity index (χ3n) is 3.44. The number of hydrogen-bond donors (Lipinski definition) is 1. The molecule has 0 bridgehead atoms. The molecule has 19 heavy (non-hydrogen) atoms. The van der Waals surface area contributed by atoms with E-state index in [0.29, 0.717) is 5.92 Å². The number of methoxy groups -OCH3 is 1. The molecule has 0 aromatic heterocycles. The molecule has 0 saturated heterocycles. The van der Waals surface area contributed by atoms with E-state index in [-0.39, 0.29) is 0 Å². The minimum atomic E-state index is 0.497. The van der Waals surface area contributed by atoms with E-state index in [1.165, 1.54) is 11.1 Å². The van der Waals surface area contributed by atoms with Crippen molar-refractivity contribution in [3.63, 3.8) is 0 Å². The zero-order chi connectivity index (χ0) is 14.3. The van der Waals surface area contributed by atoms with Crippen molar-refractivity contribution < 1.29 is 4.74 Å². The molecule has 1 N–H and O–H groups in total. The van der Waals surface area contributed by atoms with Crippen LogP contribution in [0.5, 0.6) is 5.75 Å². The molecule has 0 saturated carbocycles. The van der Waals surface area contributed by atoms with E-state index in [9.17, 15) is 0 Å². The summed E-state index contributed by atoms with van der Waals surface area (Å²) in [7, 11) is 5.91. The summed E-state index contributed by atoms with van der Waals surface area (Å²) in [5, 5.41) is 3.18. The molecule has 0 spiro atoms. The zero-order valence-corrected chi connectivity index (χ0v) is 13.0. The third-order valence-corrected chi connectivity index (χ3v) is 3.44. The van der Waals surface area contributed by atoms with Gasteiger partial charge in [-0.2, -0.15) is 0 Å². The Labute approximate surface area is 118 Å². The molecular formula is C16H28N2O. The lowest BCUT2D eigenvalue weighted by atomic mass is 9.98. The van der Waals surface area contributed by atoms with E-state index in [1.54, 1.807) is 7.11 Å². The molecule has 3 heteroatoms. The molecule has 0 atom stereocenters. The van der Waals surface area contributed by atoms with Crippen molar-refractivity contribution >= 4 is 0 Å². The fourth-order valence-corrected chi connectivity index (χ4v) is 2.12. The highest BCUT2D eigenvalue weighted by molar-refractivity contribution is 5.39. The second kappa shape index (κ2) is 8.18. The molecule has 0 heterocycles. The summed E-state index contributed by atoms with van der Waals surface area (Å²) in [5.41, 5.74) is 2.69. The van der Waals surface area contributed by atoms with E-state index in [1.807, 2.05) is 7.05 Å². The molecule has 1 rings (SSSR count). The van der Waals surface area contributed by atoms with Gasteiger partial charge in [-0.05, 0) is 43.6 Å². The van der Waals surface area contributed by atoms with Gasteiger partial charge in [0.2, 0.25) is 0 Å². The van der Waals surface area contributed by atoms with Crippen molar-refractivity contribution in [2.24, 2.45) is 0 Å². The second-order valence-corrected chi connectivity index (χ2v) is 5.39. The Morgan fingerprint density at radius 2 is 2.00 bits per heavy atom. The van der Waals surface area contributed by atoms with Gasteiger partial charge in [-0.15, -0.1) is 0 Å². The first-order valence-electron chi connectivity index (χ1n) is 7.08. The van der Waals surface area contributed by atoms with Crippen molar-refractivity contribution in [1.29, 1.82) is 0 Å². The number of benzene rings is 1. The molecule has 1 aromatic carbocycles. The lowest BCUT2D eigenvalue weighted by molar-refractivity contribution is 0.339. The van der Waals surface area contributed by atoms with Crippen LogP contribution in [0.3, 0.4) is 0 Å². The monoisotopic (exact) mass is 264 g/mol. The minimum absolute atomic E-state index is 0.497. The van der Waals surface area contributed by atoms with Crippen LogP contribution in [-0.4, -0.2) is 45.7 Å². The van der Waals surface area contributed by atoms with Crippen LogP contribution in [0, 0.1) is 0 Å². The van der Waals surface area contributed by atoms with Gasteiger partial charge < -0.3 is 15.0 Å². The maximum absolute atomic E-state index is 5.42. The van der Waals surface area contributed by atoms with E-state index in [2.05, 4.69) is 49.3 Å². The average molecular weight is 264 g/mol. The normalized spacial score (nSPS) is 11.3. The summed E-state index contributed by atoms with van der Waals surface area (Å²) in [5.74, 6) is 1.50. The molecule has 1 aromatic rings. The van der Waals surface area contributed by atoms with Crippen LogP contribution in [0.15, 0.2) is 18.2 Å². The molecule has 108 valence electrons. The number of ether oxygens (including phenoxy) is 1. The number of hydrogen-bond acceptors (Lipinski definition) is 3. The maximum Gasteiger partial charge on any atom is 0.122 e. The van der Waals surface area contributed by atoms with Crippen LogP contribution in [0.25, 0.3) is 0 Å². The van der Waals surface area contributed by atoms with Crippen LogP contribution < -0.4 is 10.1 Å². The molecule has 0 amide bonds. The van der Waals surface area contributed by atoms with Crippen molar-refractivity contribution in [3.05, 3.63) is 29.3 Å². The van der Waals surface area contributed by atoms with Crippen LogP contribution in [0.4, 0.5) is 0 Å². The van der Waals surface area contributed by atoms with Gasteiger partial charge in [0, 0.05) is 19.6 Å². The first kappa shape index (κ1) is 16.0. The molecule has 0 fully saturated rings. The fourth-order valence-electron chi connectivity index (χ4n) is 2.12. The minimum Gasteiger partial charge on any atom is -0.496 e. The maximum atomic E-state index is 5.42. The first-order valence-corrected chi connectivity index (χ1v) is 7.08. The van der Waals surface area contributed by atoms with E-state index < -0.39 is 0 Å². The Balaban J connectivity index is 2.61. The zero-order valence-electron chi connectivity index (χ0n) is 13.0. The fraction of sp³-hybridized carbons (Fsp3) is 0.625. The summed E-state index contributed by atoms with van der Waals surface area (Å²) in [4.78, 5) is 2.36. The quantitative estimate of drug-likeness (QED) is 0.781. The Bertz CT molecular complexity index is 377. The number of nitrogens with zero attached hydrogens (tertiary/aromatic N) is 1. The summed E-state index contributed by atoms with van der Waals surface area (Å²) in [6.45, 7) is 7.63. The van der Waals surface area contributed by atoms with Gasteiger partial charge in [0.15, 0.2) is 0 Å². The highest BCUT2D eigenvalue weighted by Gasteiger charge is 2.08. The molecule has 0 aliphatic heterocycles. The standard InChI is InChI=1S/C16H28N2O/c1-13(2)15-12-14(6-7-16(15)19-5)8-10-18(4)11-9-17-3/h6-7,12-13,17H,8-11H2,1-5H3. The Morgan fingerprint density at radius 3 is 2.58 bits per heavy atom. The van der Waals surface area contributed by atoms with Gasteiger partial charge in [0.25, 0.3) is 0 Å². The molecule has 3 nitrogen and oxygen atoms in total. The number of rotatable bonds is 8. The summed E-state index contributed by atoms with van der Waals surface area (Å²) < 4.78 is 5.42. The van der Waals surface area contributed by atoms with E-state index >= 15 is 0 Å². The van der Waals surface area contributed by atoms with Crippen LogP contribution >= 0.6 is 0 Å². The van der Waals surface area contributed by atoms with Crippen molar-refractivity contribution in [1.82, 2.24) is 10.2 Å². The van der Waals surface area contributed by atoms with Gasteiger partial charge in [-0.1, -0.05) is 26.0 Å². The topological polar surface area (TPSA) is 24.5 Å². The van der Waals surface area contributed by atoms with Crippen molar-refractivity contribution in [2.45, 2.75) is 26.2 Å². The van der Waals surface area contributed by atoms with Gasteiger partial charge >= 0.3 is 0 Å². The van der Waals surface area contributed by atoms with Crippen LogP contribution in [0.2, 0.25) is 0 Å². The highest BCUT2D eigenvalue weighted by Crippen LogP contribution is 2.27. The van der Waals surface area contributed by atoms with Gasteiger partial charge in [0.1, 0.15) is 5.75 Å². The smallest absolute Gasteiger partial charge is 0.122 e. The highest BCUT2D eigenvalue weighted by atomic mass is 16.5.